The van der Waals surface area contributed by atoms with Crippen molar-refractivity contribution in [3.8, 4) is 0 Å². The Kier molecular flexibility index (Phi) is 9.91. The van der Waals surface area contributed by atoms with Gasteiger partial charge in [0, 0.05) is 38.1 Å². The summed E-state index contributed by atoms with van der Waals surface area (Å²) in [5.74, 6) is 1.81. The van der Waals surface area contributed by atoms with Gasteiger partial charge in [-0.05, 0) is 45.2 Å². The Balaban J connectivity index is 2.27. The third-order valence-electron chi connectivity index (χ3n) is 3.47. The predicted molar refractivity (Wildman–Crippen MR) is 105 cm³/mol. The van der Waals surface area contributed by atoms with Crippen LogP contribution in [0, 0.1) is 0 Å². The summed E-state index contributed by atoms with van der Waals surface area (Å²) in [5, 5.41) is 9.72. The quantitative estimate of drug-likeness (QED) is 0.312. The Morgan fingerprint density at radius 1 is 1.32 bits per heavy atom. The zero-order valence-corrected chi connectivity index (χ0v) is 16.3. The second kappa shape index (κ2) is 11.7. The zero-order valence-electron chi connectivity index (χ0n) is 15.5. The number of sulfone groups is 1. The highest BCUT2D eigenvalue weighted by molar-refractivity contribution is 7.90. The molecule has 0 aromatic carbocycles. The summed E-state index contributed by atoms with van der Waals surface area (Å²) in [6.07, 6.45) is 5.57. The Bertz CT molecular complexity index is 605. The van der Waals surface area contributed by atoms with E-state index in [2.05, 4.69) is 25.9 Å². The normalized spacial score (nSPS) is 13.3. The minimum absolute atomic E-state index is 0.0540. The molecule has 1 heterocycles. The number of hydrogen-bond acceptors (Lipinski definition) is 5. The van der Waals surface area contributed by atoms with Crippen molar-refractivity contribution in [1.82, 2.24) is 15.6 Å². The number of unbranched alkanes of at least 4 members (excludes halogenated alkanes) is 1. The number of pyridine rings is 1. The number of nitrogens with one attached hydrogen (secondary N) is 3. The monoisotopic (exact) mass is 369 g/mol. The fourth-order valence-electron chi connectivity index (χ4n) is 2.13. The Labute approximate surface area is 151 Å². The van der Waals surface area contributed by atoms with Crippen molar-refractivity contribution in [3.05, 3.63) is 24.4 Å². The Morgan fingerprint density at radius 2 is 2.12 bits per heavy atom. The van der Waals surface area contributed by atoms with Gasteiger partial charge in [0.25, 0.3) is 0 Å². The van der Waals surface area contributed by atoms with E-state index in [0.29, 0.717) is 6.42 Å². The zero-order chi connectivity index (χ0) is 18.5. The van der Waals surface area contributed by atoms with Gasteiger partial charge >= 0.3 is 0 Å². The molecule has 25 heavy (non-hydrogen) atoms. The first-order valence-corrected chi connectivity index (χ1v) is 10.8. The lowest BCUT2D eigenvalue weighted by molar-refractivity contribution is 0.581. The first-order valence-electron chi connectivity index (χ1n) is 8.78. The van der Waals surface area contributed by atoms with E-state index in [1.165, 1.54) is 6.26 Å². The van der Waals surface area contributed by atoms with Gasteiger partial charge in [-0.25, -0.2) is 13.4 Å². The maximum absolute atomic E-state index is 11.2. The molecular formula is C17H31N5O2S. The van der Waals surface area contributed by atoms with E-state index >= 15 is 0 Å². The molecule has 0 saturated carbocycles. The van der Waals surface area contributed by atoms with Crippen LogP contribution in [-0.2, 0) is 9.84 Å². The number of anilines is 1. The lowest BCUT2D eigenvalue weighted by Crippen LogP contribution is -2.42. The molecule has 0 saturated heterocycles. The SMILES string of the molecule is CCNC(=NCCCCNc1ccccn1)NC(C)CCS(C)(=O)=O. The molecule has 1 unspecified atom stereocenters. The van der Waals surface area contributed by atoms with Crippen molar-refractivity contribution in [2.24, 2.45) is 4.99 Å². The van der Waals surface area contributed by atoms with Crippen molar-refractivity contribution in [2.45, 2.75) is 39.2 Å². The molecule has 7 nitrogen and oxygen atoms in total. The van der Waals surface area contributed by atoms with Crippen LogP contribution in [0.25, 0.3) is 0 Å². The molecule has 0 bridgehead atoms. The van der Waals surface area contributed by atoms with Crippen LogP contribution in [0.3, 0.4) is 0 Å². The molecule has 0 aliphatic heterocycles. The van der Waals surface area contributed by atoms with Crippen LogP contribution < -0.4 is 16.0 Å². The van der Waals surface area contributed by atoms with Crippen LogP contribution in [0.2, 0.25) is 0 Å². The maximum Gasteiger partial charge on any atom is 0.191 e. The number of guanidine groups is 1. The summed E-state index contributed by atoms with van der Waals surface area (Å²) in [6, 6.07) is 5.85. The van der Waals surface area contributed by atoms with Crippen LogP contribution in [0.4, 0.5) is 5.82 Å². The van der Waals surface area contributed by atoms with Gasteiger partial charge in [-0.3, -0.25) is 4.99 Å². The van der Waals surface area contributed by atoms with Crippen LogP contribution in [0.1, 0.15) is 33.1 Å². The summed E-state index contributed by atoms with van der Waals surface area (Å²) in [5.41, 5.74) is 0. The predicted octanol–water partition coefficient (Wildman–Crippen LogP) is 1.65. The highest BCUT2D eigenvalue weighted by atomic mass is 32.2. The van der Waals surface area contributed by atoms with Gasteiger partial charge in [0.05, 0.1) is 5.75 Å². The van der Waals surface area contributed by atoms with E-state index in [1.807, 2.05) is 32.0 Å². The fraction of sp³-hybridized carbons (Fsp3) is 0.647. The second-order valence-electron chi connectivity index (χ2n) is 6.07. The molecule has 0 spiro atoms. The van der Waals surface area contributed by atoms with Crippen LogP contribution >= 0.6 is 0 Å². The van der Waals surface area contributed by atoms with E-state index in [1.54, 1.807) is 6.20 Å². The first-order chi connectivity index (χ1) is 11.9. The second-order valence-corrected chi connectivity index (χ2v) is 8.33. The summed E-state index contributed by atoms with van der Waals surface area (Å²) in [6.45, 7) is 6.33. The van der Waals surface area contributed by atoms with Crippen molar-refractivity contribution >= 4 is 21.6 Å². The standard InChI is InChI=1S/C17H31N5O2S/c1-4-18-17(22-15(2)10-14-25(3,23)24)21-13-8-7-12-20-16-9-5-6-11-19-16/h5-6,9,11,15H,4,7-8,10,12-14H2,1-3H3,(H,19,20)(H2,18,21,22). The molecular weight excluding hydrogens is 338 g/mol. The first kappa shape index (κ1) is 21.2. The van der Waals surface area contributed by atoms with Gasteiger partial charge in [0.1, 0.15) is 15.7 Å². The lowest BCUT2D eigenvalue weighted by atomic mass is 10.2. The summed E-state index contributed by atoms with van der Waals surface area (Å²) >= 11 is 0. The van der Waals surface area contributed by atoms with Gasteiger partial charge in [0.15, 0.2) is 5.96 Å². The third-order valence-corrected chi connectivity index (χ3v) is 4.45. The summed E-state index contributed by atoms with van der Waals surface area (Å²) in [7, 11) is -2.93. The van der Waals surface area contributed by atoms with E-state index < -0.39 is 9.84 Å². The maximum atomic E-state index is 11.2. The minimum atomic E-state index is -2.93. The fourth-order valence-corrected chi connectivity index (χ4v) is 2.91. The molecule has 0 radical (unpaired) electrons. The lowest BCUT2D eigenvalue weighted by Gasteiger charge is -2.17. The van der Waals surface area contributed by atoms with Gasteiger partial charge in [0.2, 0.25) is 0 Å². The van der Waals surface area contributed by atoms with Crippen LogP contribution in [0.5, 0.6) is 0 Å². The molecule has 1 aromatic rings. The third kappa shape index (κ3) is 11.4. The number of aliphatic imine (C=N–C) groups is 1. The average Bonchev–Trinajstić information content (AvgIpc) is 2.56. The molecule has 1 rings (SSSR count). The van der Waals surface area contributed by atoms with Gasteiger partial charge in [-0.2, -0.15) is 0 Å². The number of aromatic nitrogens is 1. The molecule has 1 aromatic heterocycles. The topological polar surface area (TPSA) is 95.5 Å². The number of hydrogen-bond donors (Lipinski definition) is 3. The van der Waals surface area contributed by atoms with E-state index in [-0.39, 0.29) is 11.8 Å². The average molecular weight is 370 g/mol. The Hall–Kier alpha value is -1.83. The minimum Gasteiger partial charge on any atom is -0.370 e. The molecule has 3 N–H and O–H groups in total. The highest BCUT2D eigenvalue weighted by Crippen LogP contribution is 2.00. The molecule has 0 aliphatic carbocycles. The van der Waals surface area contributed by atoms with Crippen molar-refractivity contribution in [3.63, 3.8) is 0 Å². The molecule has 0 fully saturated rings. The molecule has 0 amide bonds. The van der Waals surface area contributed by atoms with E-state index in [0.717, 1.165) is 44.3 Å². The molecule has 142 valence electrons. The van der Waals surface area contributed by atoms with Crippen molar-refractivity contribution < 1.29 is 8.42 Å². The van der Waals surface area contributed by atoms with E-state index in [4.69, 9.17) is 0 Å². The van der Waals surface area contributed by atoms with Crippen molar-refractivity contribution in [2.75, 3.05) is 37.0 Å². The number of rotatable bonds is 11. The number of nitrogens with zero attached hydrogens (tertiary/aromatic N) is 2. The molecule has 1 atom stereocenters. The van der Waals surface area contributed by atoms with Gasteiger partial charge in [-0.1, -0.05) is 6.07 Å². The largest absolute Gasteiger partial charge is 0.370 e. The van der Waals surface area contributed by atoms with Crippen LogP contribution in [-0.4, -0.2) is 57.0 Å². The summed E-state index contributed by atoms with van der Waals surface area (Å²) in [4.78, 5) is 8.76. The van der Waals surface area contributed by atoms with Crippen LogP contribution in [0.15, 0.2) is 29.4 Å². The Morgan fingerprint density at radius 3 is 2.76 bits per heavy atom. The highest BCUT2D eigenvalue weighted by Gasteiger charge is 2.09. The molecule has 8 heteroatoms. The smallest absolute Gasteiger partial charge is 0.191 e. The van der Waals surface area contributed by atoms with E-state index in [9.17, 15) is 8.42 Å². The summed E-state index contributed by atoms with van der Waals surface area (Å²) < 4.78 is 22.5. The van der Waals surface area contributed by atoms with Crippen molar-refractivity contribution in [1.29, 1.82) is 0 Å². The van der Waals surface area contributed by atoms with Gasteiger partial charge in [-0.15, -0.1) is 0 Å². The molecule has 0 aliphatic rings. The van der Waals surface area contributed by atoms with Gasteiger partial charge < -0.3 is 16.0 Å².